The molecule has 0 unspecified atom stereocenters. The van der Waals surface area contributed by atoms with Crippen LogP contribution in [0.25, 0.3) is 0 Å². The zero-order valence-electron chi connectivity index (χ0n) is 19.1. The van der Waals surface area contributed by atoms with Crippen molar-refractivity contribution in [1.82, 2.24) is 0 Å². The largest absolute Gasteiger partial charge is 0.391 e. The van der Waals surface area contributed by atoms with Crippen LogP contribution in [0.2, 0.25) is 0 Å². The third kappa shape index (κ3) is 8.26. The van der Waals surface area contributed by atoms with E-state index in [1.807, 2.05) is 105 Å². The lowest BCUT2D eigenvalue weighted by Crippen LogP contribution is -2.23. The SMILES string of the molecule is CCC(=N\OCc1ccccc1)/C(=N\OCc1ccccc1)C(/C)=N/OCc1ccccc1. The molecular formula is C27H29N3O3. The number of hydrogen-bond donors (Lipinski definition) is 0. The molecule has 0 radical (unpaired) electrons. The molecule has 0 saturated heterocycles. The predicted octanol–water partition coefficient (Wildman–Crippen LogP) is 6.13. The van der Waals surface area contributed by atoms with Gasteiger partial charge in [0.05, 0.1) is 0 Å². The minimum Gasteiger partial charge on any atom is -0.391 e. The molecule has 3 aromatic carbocycles. The van der Waals surface area contributed by atoms with E-state index in [0.29, 0.717) is 43.4 Å². The molecular weight excluding hydrogens is 414 g/mol. The van der Waals surface area contributed by atoms with Gasteiger partial charge in [-0.2, -0.15) is 0 Å². The van der Waals surface area contributed by atoms with Gasteiger partial charge in [0, 0.05) is 0 Å². The van der Waals surface area contributed by atoms with E-state index in [9.17, 15) is 0 Å². The van der Waals surface area contributed by atoms with Gasteiger partial charge in [-0.1, -0.05) is 113 Å². The smallest absolute Gasteiger partial charge is 0.152 e. The number of benzene rings is 3. The molecule has 0 aliphatic heterocycles. The molecule has 6 heteroatoms. The van der Waals surface area contributed by atoms with Gasteiger partial charge in [-0.25, -0.2) is 0 Å². The summed E-state index contributed by atoms with van der Waals surface area (Å²) < 4.78 is 0. The van der Waals surface area contributed by atoms with Gasteiger partial charge in [0.1, 0.15) is 31.2 Å². The summed E-state index contributed by atoms with van der Waals surface area (Å²) in [6.45, 7) is 4.86. The second-order valence-electron chi connectivity index (χ2n) is 7.29. The molecule has 0 amide bonds. The Morgan fingerprint density at radius 1 is 0.576 bits per heavy atom. The fourth-order valence-corrected chi connectivity index (χ4v) is 2.93. The Hall–Kier alpha value is -3.93. The van der Waals surface area contributed by atoms with Crippen molar-refractivity contribution in [3.8, 4) is 0 Å². The highest BCUT2D eigenvalue weighted by Gasteiger charge is 2.15. The van der Waals surface area contributed by atoms with Gasteiger partial charge >= 0.3 is 0 Å². The summed E-state index contributed by atoms with van der Waals surface area (Å²) in [5.74, 6) is 0. The second kappa shape index (κ2) is 13.5. The van der Waals surface area contributed by atoms with E-state index >= 15 is 0 Å². The average molecular weight is 444 g/mol. The Kier molecular flexibility index (Phi) is 9.69. The predicted molar refractivity (Wildman–Crippen MR) is 132 cm³/mol. The minimum absolute atomic E-state index is 0.338. The first-order valence-corrected chi connectivity index (χ1v) is 10.9. The van der Waals surface area contributed by atoms with Gasteiger partial charge in [-0.05, 0) is 30.0 Å². The first-order chi connectivity index (χ1) is 16.3. The molecule has 0 atom stereocenters. The third-order valence-corrected chi connectivity index (χ3v) is 4.71. The van der Waals surface area contributed by atoms with Gasteiger partial charge in [0.2, 0.25) is 0 Å². The van der Waals surface area contributed by atoms with Crippen molar-refractivity contribution in [2.24, 2.45) is 15.5 Å². The van der Waals surface area contributed by atoms with E-state index in [2.05, 4.69) is 15.5 Å². The van der Waals surface area contributed by atoms with Crippen LogP contribution < -0.4 is 0 Å². The zero-order valence-corrected chi connectivity index (χ0v) is 19.1. The Bertz CT molecular complexity index is 1050. The van der Waals surface area contributed by atoms with Gasteiger partial charge in [-0.15, -0.1) is 0 Å². The monoisotopic (exact) mass is 443 g/mol. The summed E-state index contributed by atoms with van der Waals surface area (Å²) in [5.41, 5.74) is 4.77. The summed E-state index contributed by atoms with van der Waals surface area (Å²) in [5, 5.41) is 12.9. The van der Waals surface area contributed by atoms with Crippen LogP contribution in [0.15, 0.2) is 106 Å². The van der Waals surface area contributed by atoms with Gasteiger partial charge in [0.15, 0.2) is 5.71 Å². The maximum absolute atomic E-state index is 5.63. The molecule has 0 fully saturated rings. The standard InChI is InChI=1S/C27H29N3O3/c1-3-26(29-32-20-24-15-9-5-10-16-24)27(30-33-21-25-17-11-6-12-18-25)22(2)28-31-19-23-13-7-4-8-14-23/h4-18H,3,19-21H2,1-2H3/b28-22+,29-26+,30-27-. The van der Waals surface area contributed by atoms with Crippen molar-refractivity contribution in [3.05, 3.63) is 108 Å². The summed E-state index contributed by atoms with van der Waals surface area (Å²) in [7, 11) is 0. The number of oxime groups is 3. The van der Waals surface area contributed by atoms with E-state index in [-0.39, 0.29) is 0 Å². The zero-order chi connectivity index (χ0) is 23.1. The van der Waals surface area contributed by atoms with Crippen LogP contribution in [0.5, 0.6) is 0 Å². The molecule has 6 nitrogen and oxygen atoms in total. The first-order valence-electron chi connectivity index (χ1n) is 10.9. The third-order valence-electron chi connectivity index (χ3n) is 4.71. The van der Waals surface area contributed by atoms with Crippen molar-refractivity contribution < 1.29 is 14.5 Å². The number of rotatable bonds is 12. The van der Waals surface area contributed by atoms with Crippen molar-refractivity contribution in [2.45, 2.75) is 40.1 Å². The lowest BCUT2D eigenvalue weighted by molar-refractivity contribution is 0.125. The average Bonchev–Trinajstić information content (AvgIpc) is 2.87. The molecule has 0 bridgehead atoms. The Balaban J connectivity index is 1.72. The Labute approximate surface area is 195 Å². The van der Waals surface area contributed by atoms with E-state index in [1.54, 1.807) is 0 Å². The van der Waals surface area contributed by atoms with Crippen molar-refractivity contribution in [2.75, 3.05) is 0 Å². The summed E-state index contributed by atoms with van der Waals surface area (Å²) in [6.07, 6.45) is 0.591. The topological polar surface area (TPSA) is 64.8 Å². The van der Waals surface area contributed by atoms with Gasteiger partial charge in [-0.3, -0.25) is 0 Å². The van der Waals surface area contributed by atoms with Crippen LogP contribution in [-0.2, 0) is 34.3 Å². The van der Waals surface area contributed by atoms with Crippen molar-refractivity contribution in [3.63, 3.8) is 0 Å². The quantitative estimate of drug-likeness (QED) is 0.250. The van der Waals surface area contributed by atoms with Crippen molar-refractivity contribution >= 4 is 17.1 Å². The first kappa shape index (κ1) is 23.7. The Morgan fingerprint density at radius 2 is 0.970 bits per heavy atom. The summed E-state index contributed by atoms with van der Waals surface area (Å²) in [6, 6.07) is 29.6. The van der Waals surface area contributed by atoms with Crippen LogP contribution in [0.1, 0.15) is 37.0 Å². The molecule has 3 aromatic rings. The lowest BCUT2D eigenvalue weighted by atomic mass is 10.1. The minimum atomic E-state index is 0.338. The van der Waals surface area contributed by atoms with Crippen LogP contribution in [0, 0.1) is 0 Å². The van der Waals surface area contributed by atoms with E-state index < -0.39 is 0 Å². The molecule has 170 valence electrons. The van der Waals surface area contributed by atoms with E-state index in [4.69, 9.17) is 14.5 Å². The van der Waals surface area contributed by atoms with Gasteiger partial charge < -0.3 is 14.5 Å². The highest BCUT2D eigenvalue weighted by molar-refractivity contribution is 6.68. The maximum Gasteiger partial charge on any atom is 0.152 e. The molecule has 0 spiro atoms. The molecule has 0 aliphatic carbocycles. The molecule has 0 saturated carbocycles. The molecule has 0 heterocycles. The maximum atomic E-state index is 5.63. The fourth-order valence-electron chi connectivity index (χ4n) is 2.93. The van der Waals surface area contributed by atoms with Gasteiger partial charge in [0.25, 0.3) is 0 Å². The van der Waals surface area contributed by atoms with E-state index in [1.165, 1.54) is 0 Å². The molecule has 3 rings (SSSR count). The highest BCUT2D eigenvalue weighted by Crippen LogP contribution is 2.06. The molecule has 0 aromatic heterocycles. The second-order valence-corrected chi connectivity index (χ2v) is 7.29. The molecule has 33 heavy (non-hydrogen) atoms. The number of nitrogens with zero attached hydrogens (tertiary/aromatic N) is 3. The normalized spacial score (nSPS) is 12.4. The molecule has 0 N–H and O–H groups in total. The van der Waals surface area contributed by atoms with Crippen LogP contribution in [-0.4, -0.2) is 17.1 Å². The van der Waals surface area contributed by atoms with E-state index in [0.717, 1.165) is 16.7 Å². The van der Waals surface area contributed by atoms with Crippen LogP contribution in [0.4, 0.5) is 0 Å². The number of hydrogen-bond acceptors (Lipinski definition) is 6. The van der Waals surface area contributed by atoms with Crippen molar-refractivity contribution in [1.29, 1.82) is 0 Å². The lowest BCUT2D eigenvalue weighted by Gasteiger charge is -2.09. The molecule has 0 aliphatic rings. The summed E-state index contributed by atoms with van der Waals surface area (Å²) >= 11 is 0. The van der Waals surface area contributed by atoms with Crippen LogP contribution in [0.3, 0.4) is 0 Å². The van der Waals surface area contributed by atoms with Crippen LogP contribution >= 0.6 is 0 Å². The fraction of sp³-hybridized carbons (Fsp3) is 0.222. The Morgan fingerprint density at radius 3 is 1.39 bits per heavy atom. The summed E-state index contributed by atoms with van der Waals surface area (Å²) in [4.78, 5) is 16.8. The highest BCUT2D eigenvalue weighted by atomic mass is 16.6.